The van der Waals surface area contributed by atoms with E-state index in [1.54, 1.807) is 18.2 Å². The summed E-state index contributed by atoms with van der Waals surface area (Å²) < 4.78 is 14.1. The Balaban J connectivity index is 1.57. The summed E-state index contributed by atoms with van der Waals surface area (Å²) in [7, 11) is 0. The second-order valence-electron chi connectivity index (χ2n) is 7.36. The second kappa shape index (κ2) is 6.46. The Hall–Kier alpha value is -2.73. The molecule has 138 valence electrons. The van der Waals surface area contributed by atoms with E-state index in [2.05, 4.69) is 19.8 Å². The van der Waals surface area contributed by atoms with Crippen LogP contribution in [0.3, 0.4) is 0 Å². The molecule has 1 N–H and O–H groups in total. The van der Waals surface area contributed by atoms with Gasteiger partial charge in [0.2, 0.25) is 0 Å². The van der Waals surface area contributed by atoms with Crippen LogP contribution in [0.1, 0.15) is 12.8 Å². The van der Waals surface area contributed by atoms with Crippen LogP contribution in [0.15, 0.2) is 47.3 Å². The third-order valence-electron chi connectivity index (χ3n) is 5.80. The Morgan fingerprint density at radius 1 is 1.04 bits per heavy atom. The first-order chi connectivity index (χ1) is 13.2. The molecule has 3 aliphatic rings. The topological polar surface area (TPSA) is 52.2 Å². The normalized spacial score (nSPS) is 22.2. The van der Waals surface area contributed by atoms with Crippen molar-refractivity contribution >= 4 is 16.6 Å². The van der Waals surface area contributed by atoms with Crippen molar-refractivity contribution in [1.82, 2.24) is 14.9 Å². The van der Waals surface area contributed by atoms with Crippen LogP contribution in [0.5, 0.6) is 0 Å². The molecule has 0 amide bonds. The highest BCUT2D eigenvalue weighted by Crippen LogP contribution is 2.28. The number of nitrogens with zero attached hydrogens (tertiary/aromatic N) is 3. The number of anilines is 1. The van der Waals surface area contributed by atoms with Gasteiger partial charge < -0.3 is 14.8 Å². The molecule has 2 bridgehead atoms. The Labute approximate surface area is 156 Å². The Bertz CT molecular complexity index is 1060. The van der Waals surface area contributed by atoms with Crippen LogP contribution >= 0.6 is 0 Å². The summed E-state index contributed by atoms with van der Waals surface area (Å²) in [4.78, 5) is 24.9. The average Bonchev–Trinajstić information content (AvgIpc) is 3.02. The molecule has 0 radical (unpaired) electrons. The van der Waals surface area contributed by atoms with Crippen molar-refractivity contribution in [3.63, 3.8) is 0 Å². The number of H-pyrrole nitrogens is 1. The van der Waals surface area contributed by atoms with Crippen LogP contribution in [0.2, 0.25) is 0 Å². The lowest BCUT2D eigenvalue weighted by molar-refractivity contribution is 0.250. The molecule has 3 aliphatic heterocycles. The van der Waals surface area contributed by atoms with Crippen molar-refractivity contribution < 1.29 is 4.39 Å². The minimum Gasteiger partial charge on any atom is -0.367 e. The molecule has 3 aromatic rings. The van der Waals surface area contributed by atoms with Gasteiger partial charge in [0.15, 0.2) is 0 Å². The minimum absolute atomic E-state index is 0.233. The summed E-state index contributed by atoms with van der Waals surface area (Å²) in [5.41, 5.74) is 1.73. The lowest BCUT2D eigenvalue weighted by Crippen LogP contribution is -2.37. The van der Waals surface area contributed by atoms with Crippen LogP contribution in [-0.2, 0) is 0 Å². The Morgan fingerprint density at radius 2 is 1.85 bits per heavy atom. The van der Waals surface area contributed by atoms with Gasteiger partial charge >= 0.3 is 0 Å². The van der Waals surface area contributed by atoms with E-state index >= 15 is 0 Å². The van der Waals surface area contributed by atoms with Gasteiger partial charge in [0, 0.05) is 37.9 Å². The van der Waals surface area contributed by atoms with Gasteiger partial charge in [-0.2, -0.15) is 0 Å². The van der Waals surface area contributed by atoms with E-state index in [1.165, 1.54) is 18.9 Å². The molecule has 5 nitrogen and oxygen atoms in total. The fourth-order valence-corrected chi connectivity index (χ4v) is 4.31. The molecule has 0 saturated carbocycles. The molecule has 2 aromatic carbocycles. The quantitative estimate of drug-likeness (QED) is 0.760. The maximum atomic E-state index is 14.1. The molecule has 1 aromatic heterocycles. The van der Waals surface area contributed by atoms with Gasteiger partial charge in [-0.15, -0.1) is 0 Å². The highest BCUT2D eigenvalue weighted by atomic mass is 19.1. The average molecular weight is 364 g/mol. The van der Waals surface area contributed by atoms with E-state index in [9.17, 15) is 9.18 Å². The summed E-state index contributed by atoms with van der Waals surface area (Å²) in [5, 5.41) is 0.548. The van der Waals surface area contributed by atoms with Gasteiger partial charge in [-0.3, -0.25) is 4.79 Å². The number of piperidine rings is 1. The molecule has 0 spiro atoms. The van der Waals surface area contributed by atoms with E-state index < -0.39 is 5.82 Å². The SMILES string of the molecule is O=c1[nH]c(-c2ccccc2F)nc2ccc(N3CCN4CCC3CC4)cc12. The van der Waals surface area contributed by atoms with Gasteiger partial charge in [-0.05, 0) is 43.2 Å². The van der Waals surface area contributed by atoms with Crippen molar-refractivity contribution in [2.24, 2.45) is 0 Å². The maximum absolute atomic E-state index is 14.1. The van der Waals surface area contributed by atoms with Crippen LogP contribution in [0, 0.1) is 5.82 Å². The zero-order valence-electron chi connectivity index (χ0n) is 15.0. The van der Waals surface area contributed by atoms with E-state index in [-0.39, 0.29) is 11.4 Å². The van der Waals surface area contributed by atoms with E-state index in [0.29, 0.717) is 22.5 Å². The zero-order chi connectivity index (χ0) is 18.4. The third-order valence-corrected chi connectivity index (χ3v) is 5.80. The van der Waals surface area contributed by atoms with Gasteiger partial charge in [0.1, 0.15) is 11.6 Å². The summed E-state index contributed by atoms with van der Waals surface area (Å²) in [6, 6.07) is 12.7. The molecule has 3 saturated heterocycles. The number of nitrogens with one attached hydrogen (secondary N) is 1. The van der Waals surface area contributed by atoms with Gasteiger partial charge in [-0.25, -0.2) is 9.37 Å². The number of fused-ring (bicyclic) bond motifs is 5. The van der Waals surface area contributed by atoms with Crippen molar-refractivity contribution in [3.8, 4) is 11.4 Å². The van der Waals surface area contributed by atoms with E-state index in [4.69, 9.17) is 0 Å². The van der Waals surface area contributed by atoms with Crippen LogP contribution in [-0.4, -0.2) is 47.1 Å². The molecule has 0 unspecified atom stereocenters. The predicted molar refractivity (Wildman–Crippen MR) is 105 cm³/mol. The first-order valence-electron chi connectivity index (χ1n) is 9.47. The molecule has 6 rings (SSSR count). The van der Waals surface area contributed by atoms with Crippen LogP contribution < -0.4 is 10.5 Å². The summed E-state index contributed by atoms with van der Waals surface area (Å²) >= 11 is 0. The highest BCUT2D eigenvalue weighted by molar-refractivity contribution is 5.83. The lowest BCUT2D eigenvalue weighted by Gasteiger charge is -2.33. The molecule has 0 aliphatic carbocycles. The number of hydrogen-bond donors (Lipinski definition) is 1. The number of benzene rings is 2. The maximum Gasteiger partial charge on any atom is 0.259 e. The van der Waals surface area contributed by atoms with Crippen LogP contribution in [0.4, 0.5) is 10.1 Å². The van der Waals surface area contributed by atoms with Gasteiger partial charge in [0.05, 0.1) is 16.5 Å². The van der Waals surface area contributed by atoms with Crippen molar-refractivity contribution in [1.29, 1.82) is 0 Å². The molecule has 6 heteroatoms. The van der Waals surface area contributed by atoms with Crippen molar-refractivity contribution in [2.45, 2.75) is 18.9 Å². The van der Waals surface area contributed by atoms with Crippen molar-refractivity contribution in [2.75, 3.05) is 31.1 Å². The highest BCUT2D eigenvalue weighted by Gasteiger charge is 2.29. The second-order valence-corrected chi connectivity index (χ2v) is 7.36. The first-order valence-corrected chi connectivity index (χ1v) is 9.47. The fraction of sp³-hybridized carbons (Fsp3) is 0.333. The fourth-order valence-electron chi connectivity index (χ4n) is 4.31. The molecular weight excluding hydrogens is 343 g/mol. The summed E-state index contributed by atoms with van der Waals surface area (Å²) in [6.45, 7) is 4.36. The van der Waals surface area contributed by atoms with Gasteiger partial charge in [-0.1, -0.05) is 12.1 Å². The smallest absolute Gasteiger partial charge is 0.259 e. The zero-order valence-corrected chi connectivity index (χ0v) is 15.0. The Kier molecular flexibility index (Phi) is 3.93. The number of aromatic nitrogens is 2. The number of rotatable bonds is 2. The summed E-state index contributed by atoms with van der Waals surface area (Å²) in [6.07, 6.45) is 2.33. The standard InChI is InChI=1S/C21H21FN4O/c22-18-4-2-1-3-16(18)20-23-19-6-5-15(13-17(19)21(27)24-20)26-12-11-25-9-7-14(26)8-10-25/h1-6,13-14H,7-12H2,(H,23,24,27). The third kappa shape index (κ3) is 2.90. The number of halogens is 1. The summed E-state index contributed by atoms with van der Waals surface area (Å²) in [5.74, 6) is -0.133. The molecule has 3 fully saturated rings. The number of aromatic amines is 1. The van der Waals surface area contributed by atoms with Gasteiger partial charge in [0.25, 0.3) is 5.56 Å². The number of hydrogen-bond acceptors (Lipinski definition) is 4. The minimum atomic E-state index is -0.396. The van der Waals surface area contributed by atoms with E-state index in [0.717, 1.165) is 31.9 Å². The van der Waals surface area contributed by atoms with Crippen LogP contribution in [0.25, 0.3) is 22.3 Å². The largest absolute Gasteiger partial charge is 0.367 e. The predicted octanol–water partition coefficient (Wildman–Crippen LogP) is 3.01. The molecule has 4 heterocycles. The Morgan fingerprint density at radius 3 is 2.67 bits per heavy atom. The van der Waals surface area contributed by atoms with E-state index in [1.807, 2.05) is 18.2 Å². The van der Waals surface area contributed by atoms with Crippen molar-refractivity contribution in [3.05, 3.63) is 58.6 Å². The monoisotopic (exact) mass is 364 g/mol. The molecular formula is C21H21FN4O. The molecule has 27 heavy (non-hydrogen) atoms. The molecule has 0 atom stereocenters. The first kappa shape index (κ1) is 16.4. The lowest BCUT2D eigenvalue weighted by atomic mass is 10.0.